The Morgan fingerprint density at radius 3 is 0.973 bits per heavy atom. The van der Waals surface area contributed by atoms with Crippen LogP contribution < -0.4 is 0 Å². The molecule has 0 aliphatic carbocycles. The molecular weight excluding hydrogens is 592 g/mol. The van der Waals surface area contributed by atoms with Gasteiger partial charge in [-0.05, 0) is 41.8 Å². The molecule has 208 valence electrons. The minimum absolute atomic E-state index is 0.580. The summed E-state index contributed by atoms with van der Waals surface area (Å²) in [5.41, 5.74) is -14.3. The molecule has 0 amide bonds. The lowest BCUT2D eigenvalue weighted by Gasteiger charge is -2.24. The number of hydrogen-bond donors (Lipinski definition) is 0. The molecule has 6 nitrogen and oxygen atoms in total. The van der Waals surface area contributed by atoms with Crippen LogP contribution in [0.15, 0.2) is 34.1 Å². The Morgan fingerprint density at radius 1 is 0.514 bits per heavy atom. The number of alkyl halides is 12. The fraction of sp³-hybridized carbons (Fsp3) is 0.294. The topological polar surface area (TPSA) is 114 Å². The highest BCUT2D eigenvalue weighted by atomic mass is 32.2. The van der Waals surface area contributed by atoms with Gasteiger partial charge >= 0.3 is 24.7 Å². The lowest BCUT2D eigenvalue weighted by Crippen LogP contribution is -2.22. The van der Waals surface area contributed by atoms with E-state index < -0.39 is 119 Å². The normalized spacial score (nSPS) is 14.2. The summed E-state index contributed by atoms with van der Waals surface area (Å²) in [5, 5.41) is 0. The lowest BCUT2D eigenvalue weighted by atomic mass is 9.92. The Kier molecular flexibility index (Phi) is 7.47. The van der Waals surface area contributed by atoms with Gasteiger partial charge in [-0.15, -0.1) is 0 Å². The van der Waals surface area contributed by atoms with Crippen molar-refractivity contribution in [3.05, 3.63) is 57.6 Å². The summed E-state index contributed by atoms with van der Waals surface area (Å²) in [4.78, 5) is -5.22. The third-order valence-corrected chi connectivity index (χ3v) is 6.23. The van der Waals surface area contributed by atoms with E-state index in [1.54, 1.807) is 0 Å². The van der Waals surface area contributed by atoms with Gasteiger partial charge in [0.25, 0.3) is 0 Å². The van der Waals surface area contributed by atoms with Gasteiger partial charge in [0.05, 0.1) is 32.0 Å². The molecule has 0 aliphatic rings. The molecule has 0 bridgehead atoms. The van der Waals surface area contributed by atoms with E-state index in [0.717, 1.165) is 0 Å². The van der Waals surface area contributed by atoms with E-state index in [0.29, 0.717) is 0 Å². The van der Waals surface area contributed by atoms with Gasteiger partial charge < -0.3 is 9.11 Å². The van der Waals surface area contributed by atoms with Crippen LogP contribution in [0.5, 0.6) is 0 Å². The molecule has 0 aromatic heterocycles. The second-order valence-corrected chi connectivity index (χ2v) is 9.79. The number of hydrogen-bond acceptors (Lipinski definition) is 6. The highest BCUT2D eigenvalue weighted by Gasteiger charge is 2.44. The Labute approximate surface area is 198 Å². The molecule has 0 unspecified atom stereocenters. The summed E-state index contributed by atoms with van der Waals surface area (Å²) in [6.45, 7) is 0. The van der Waals surface area contributed by atoms with E-state index in [-0.39, 0.29) is 0 Å². The molecule has 2 rings (SSSR count). The molecule has 0 aliphatic heterocycles. The maximum Gasteiger partial charge on any atom is 0.417 e. The largest absolute Gasteiger partial charge is 0.744 e. The molecule has 0 saturated carbocycles. The first-order valence-electron chi connectivity index (χ1n) is 8.69. The summed E-state index contributed by atoms with van der Waals surface area (Å²) in [6.07, 6.45) is -25.9. The van der Waals surface area contributed by atoms with Crippen molar-refractivity contribution in [2.45, 2.75) is 40.9 Å². The van der Waals surface area contributed by atoms with Crippen molar-refractivity contribution in [3.63, 3.8) is 0 Å². The standard InChI is InChI=1S/C17H8F12O6S2/c18-14(19,20)8-2-6(12(16(24,25)26)10(4-8)36(30,31)32)1-7-3-9(15(21,22)23)5-11(37(33,34)35)13(7)17(27,28)29/h2-5H,1H2,(H,30,31,32)(H,33,34,35)/p-2. The van der Waals surface area contributed by atoms with Crippen LogP contribution in [0.3, 0.4) is 0 Å². The summed E-state index contributed by atoms with van der Waals surface area (Å²) >= 11 is 0. The Morgan fingerprint density at radius 2 is 0.784 bits per heavy atom. The van der Waals surface area contributed by atoms with E-state index in [2.05, 4.69) is 0 Å². The fourth-order valence-corrected chi connectivity index (χ4v) is 4.73. The number of benzene rings is 2. The van der Waals surface area contributed by atoms with Gasteiger partial charge in [0.2, 0.25) is 0 Å². The Bertz CT molecular complexity index is 1320. The van der Waals surface area contributed by atoms with Crippen molar-refractivity contribution in [1.29, 1.82) is 0 Å². The molecule has 20 heteroatoms. The van der Waals surface area contributed by atoms with E-state index >= 15 is 0 Å². The highest BCUT2D eigenvalue weighted by Crippen LogP contribution is 2.45. The van der Waals surface area contributed by atoms with Gasteiger partial charge in [0, 0.05) is 0 Å². The first-order chi connectivity index (χ1) is 16.1. The van der Waals surface area contributed by atoms with Crippen molar-refractivity contribution in [1.82, 2.24) is 0 Å². The smallest absolute Gasteiger partial charge is 0.417 e. The van der Waals surface area contributed by atoms with Crippen molar-refractivity contribution < 1.29 is 78.6 Å². The van der Waals surface area contributed by atoms with E-state index in [1.165, 1.54) is 0 Å². The third kappa shape index (κ3) is 6.85. The van der Waals surface area contributed by atoms with Crippen LogP contribution in [0, 0.1) is 0 Å². The molecule has 37 heavy (non-hydrogen) atoms. The molecule has 0 spiro atoms. The van der Waals surface area contributed by atoms with Crippen LogP contribution in [0.4, 0.5) is 52.7 Å². The molecule has 2 aromatic carbocycles. The average Bonchev–Trinajstić information content (AvgIpc) is 2.62. The van der Waals surface area contributed by atoms with Crippen LogP contribution >= 0.6 is 0 Å². The molecular formula is C17H6F12O6S2-2. The van der Waals surface area contributed by atoms with Gasteiger partial charge in [-0.3, -0.25) is 0 Å². The molecule has 0 N–H and O–H groups in total. The molecule has 0 saturated heterocycles. The first kappa shape index (κ1) is 30.6. The van der Waals surface area contributed by atoms with Crippen LogP contribution in [0.1, 0.15) is 33.4 Å². The zero-order valence-corrected chi connectivity index (χ0v) is 18.5. The van der Waals surface area contributed by atoms with Gasteiger partial charge in [-0.25, -0.2) is 16.8 Å². The summed E-state index contributed by atoms with van der Waals surface area (Å²) in [7, 11) is -12.9. The van der Waals surface area contributed by atoms with Gasteiger partial charge in [0.15, 0.2) is 0 Å². The maximum absolute atomic E-state index is 13.6. The Balaban J connectivity index is 3.16. The van der Waals surface area contributed by atoms with Crippen LogP contribution in [-0.2, 0) is 51.4 Å². The maximum atomic E-state index is 13.6. The van der Waals surface area contributed by atoms with Crippen LogP contribution in [0.2, 0.25) is 0 Å². The van der Waals surface area contributed by atoms with Crippen molar-refractivity contribution in [3.8, 4) is 0 Å². The van der Waals surface area contributed by atoms with Gasteiger partial charge in [-0.1, -0.05) is 0 Å². The minimum atomic E-state index is -6.43. The van der Waals surface area contributed by atoms with Gasteiger partial charge in [0.1, 0.15) is 20.2 Å². The highest BCUT2D eigenvalue weighted by molar-refractivity contribution is 7.86. The summed E-state index contributed by atoms with van der Waals surface area (Å²) in [5.74, 6) is 0. The second kappa shape index (κ2) is 9.02. The molecule has 2 aromatic rings. The van der Waals surface area contributed by atoms with Crippen molar-refractivity contribution in [2.24, 2.45) is 0 Å². The van der Waals surface area contributed by atoms with Crippen LogP contribution in [0.25, 0.3) is 0 Å². The van der Waals surface area contributed by atoms with Gasteiger partial charge in [-0.2, -0.15) is 52.7 Å². The third-order valence-electron chi connectivity index (χ3n) is 4.51. The van der Waals surface area contributed by atoms with E-state index in [9.17, 15) is 78.6 Å². The predicted octanol–water partition coefficient (Wildman–Crippen LogP) is 5.16. The number of halogens is 12. The quantitative estimate of drug-likeness (QED) is 0.355. The predicted molar refractivity (Wildman–Crippen MR) is 91.6 cm³/mol. The first-order valence-corrected chi connectivity index (χ1v) is 11.5. The summed E-state index contributed by atoms with van der Waals surface area (Å²) in [6, 6.07) is -2.72. The average molecular weight is 598 g/mol. The molecule has 0 heterocycles. The van der Waals surface area contributed by atoms with Crippen molar-refractivity contribution in [2.75, 3.05) is 0 Å². The number of rotatable bonds is 4. The second-order valence-electron chi connectivity index (χ2n) is 7.09. The molecule has 0 fully saturated rings. The fourth-order valence-electron chi connectivity index (χ4n) is 3.20. The van der Waals surface area contributed by atoms with E-state index in [1.807, 2.05) is 0 Å². The molecule has 0 radical (unpaired) electrons. The SMILES string of the molecule is O=S(=O)([O-])c1cc(C(F)(F)F)cc(Cc2cc(C(F)(F)F)cc(S(=O)(=O)[O-])c2C(F)(F)F)c1C(F)(F)F. The van der Waals surface area contributed by atoms with Crippen LogP contribution in [-0.4, -0.2) is 25.9 Å². The summed E-state index contributed by atoms with van der Waals surface area (Å²) < 4.78 is 229. The van der Waals surface area contributed by atoms with E-state index in [4.69, 9.17) is 0 Å². The Hall–Kier alpha value is -2.58. The van der Waals surface area contributed by atoms with Crippen molar-refractivity contribution >= 4 is 20.2 Å². The molecule has 0 atom stereocenters. The zero-order chi connectivity index (χ0) is 29.2. The monoisotopic (exact) mass is 598 g/mol. The lowest BCUT2D eigenvalue weighted by molar-refractivity contribution is -0.144. The minimum Gasteiger partial charge on any atom is -0.744 e. The zero-order valence-electron chi connectivity index (χ0n) is 16.8.